The minimum absolute atomic E-state index is 0.0737. The number of nitrogens with zero attached hydrogens (tertiary/aromatic N) is 1. The molecule has 0 fully saturated rings. The summed E-state index contributed by atoms with van der Waals surface area (Å²) in [5.74, 6) is 0.927. The summed E-state index contributed by atoms with van der Waals surface area (Å²) in [6, 6.07) is 10.3. The Hall–Kier alpha value is -1.85. The van der Waals surface area contributed by atoms with E-state index in [1.54, 1.807) is 11.3 Å². The highest BCUT2D eigenvalue weighted by Gasteiger charge is 2.15. The fourth-order valence-electron chi connectivity index (χ4n) is 2.42. The quantitative estimate of drug-likeness (QED) is 0.705. The van der Waals surface area contributed by atoms with Gasteiger partial charge in [0.25, 0.3) is 0 Å². The average molecular weight is 346 g/mol. The van der Waals surface area contributed by atoms with Crippen molar-refractivity contribution in [3.8, 4) is 5.75 Å². The van der Waals surface area contributed by atoms with Crippen molar-refractivity contribution in [2.24, 2.45) is 0 Å². The molecule has 1 atom stereocenters. The molecular weight excluding hydrogens is 320 g/mol. The summed E-state index contributed by atoms with van der Waals surface area (Å²) in [4.78, 5) is 14.1. The molecule has 0 bridgehead atoms. The topological polar surface area (TPSA) is 41.6 Å². The second-order valence-corrected chi connectivity index (χ2v) is 6.89. The highest BCUT2D eigenvalue weighted by Crippen LogP contribution is 2.20. The summed E-state index contributed by atoms with van der Waals surface area (Å²) in [5.41, 5.74) is 2.45. The first-order valence-electron chi connectivity index (χ1n) is 8.21. The van der Waals surface area contributed by atoms with Crippen LogP contribution >= 0.6 is 11.3 Å². The van der Waals surface area contributed by atoms with Crippen LogP contribution in [0.15, 0.2) is 41.1 Å². The van der Waals surface area contributed by atoms with E-state index in [1.165, 1.54) is 11.1 Å². The second kappa shape index (κ2) is 9.45. The lowest BCUT2D eigenvalue weighted by Gasteiger charge is -2.24. The summed E-state index contributed by atoms with van der Waals surface area (Å²) in [6.45, 7) is 3.23. The molecule has 0 spiro atoms. The van der Waals surface area contributed by atoms with E-state index < -0.39 is 0 Å². The first-order chi connectivity index (χ1) is 11.6. The van der Waals surface area contributed by atoms with Gasteiger partial charge in [-0.1, -0.05) is 17.7 Å². The van der Waals surface area contributed by atoms with E-state index in [4.69, 9.17) is 4.74 Å². The van der Waals surface area contributed by atoms with Crippen molar-refractivity contribution in [2.45, 2.75) is 25.8 Å². The van der Waals surface area contributed by atoms with E-state index in [2.05, 4.69) is 27.0 Å². The largest absolute Gasteiger partial charge is 0.494 e. The van der Waals surface area contributed by atoms with E-state index in [0.717, 1.165) is 5.75 Å². The first kappa shape index (κ1) is 18.5. The molecule has 24 heavy (non-hydrogen) atoms. The Morgan fingerprint density at radius 1 is 1.25 bits per heavy atom. The molecule has 0 saturated heterocycles. The number of ether oxygens (including phenoxy) is 1. The van der Waals surface area contributed by atoms with Crippen molar-refractivity contribution < 1.29 is 9.53 Å². The van der Waals surface area contributed by atoms with Gasteiger partial charge in [0.15, 0.2) is 0 Å². The number of amides is 1. The van der Waals surface area contributed by atoms with Crippen molar-refractivity contribution in [2.75, 3.05) is 27.2 Å². The van der Waals surface area contributed by atoms with E-state index in [1.807, 2.05) is 45.3 Å². The fraction of sp³-hybridized carbons (Fsp3) is 0.421. The van der Waals surface area contributed by atoms with Gasteiger partial charge in [0.1, 0.15) is 5.75 Å². The molecule has 1 aromatic carbocycles. The molecule has 1 unspecified atom stereocenters. The highest BCUT2D eigenvalue weighted by molar-refractivity contribution is 7.07. The van der Waals surface area contributed by atoms with Gasteiger partial charge >= 0.3 is 0 Å². The Labute approximate surface area is 148 Å². The van der Waals surface area contributed by atoms with Crippen LogP contribution in [0, 0.1) is 6.92 Å². The van der Waals surface area contributed by atoms with Gasteiger partial charge in [-0.25, -0.2) is 0 Å². The molecule has 4 nitrogen and oxygen atoms in total. The number of hydrogen-bond donors (Lipinski definition) is 1. The third-order valence-corrected chi connectivity index (χ3v) is 4.58. The van der Waals surface area contributed by atoms with Crippen LogP contribution in [0.5, 0.6) is 5.75 Å². The molecule has 0 aliphatic carbocycles. The van der Waals surface area contributed by atoms with Gasteiger partial charge in [0.2, 0.25) is 5.91 Å². The molecule has 5 heteroatoms. The molecule has 2 aromatic rings. The lowest BCUT2D eigenvalue weighted by Crippen LogP contribution is -2.34. The number of benzene rings is 1. The van der Waals surface area contributed by atoms with Gasteiger partial charge in [0, 0.05) is 13.0 Å². The molecule has 1 N–H and O–H groups in total. The van der Waals surface area contributed by atoms with E-state index in [-0.39, 0.29) is 11.9 Å². The van der Waals surface area contributed by atoms with Crippen molar-refractivity contribution in [1.82, 2.24) is 10.2 Å². The number of rotatable bonds is 9. The number of carbonyl (C=O) groups excluding carboxylic acids is 1. The summed E-state index contributed by atoms with van der Waals surface area (Å²) < 4.78 is 5.65. The molecule has 1 amide bonds. The Morgan fingerprint density at radius 3 is 2.62 bits per heavy atom. The molecule has 2 rings (SSSR count). The Balaban J connectivity index is 1.66. The van der Waals surface area contributed by atoms with E-state index >= 15 is 0 Å². The van der Waals surface area contributed by atoms with Gasteiger partial charge in [0.05, 0.1) is 12.6 Å². The number of carbonyl (C=O) groups is 1. The number of aryl methyl sites for hydroxylation is 1. The number of thiophene rings is 1. The van der Waals surface area contributed by atoms with Gasteiger partial charge in [-0.2, -0.15) is 11.3 Å². The third kappa shape index (κ3) is 5.98. The Bertz CT molecular complexity index is 609. The van der Waals surface area contributed by atoms with Crippen LogP contribution in [0.4, 0.5) is 0 Å². The number of likely N-dealkylation sites (N-methyl/N-ethyl adjacent to an activating group) is 1. The van der Waals surface area contributed by atoms with Gasteiger partial charge in [-0.3, -0.25) is 4.79 Å². The zero-order valence-corrected chi connectivity index (χ0v) is 15.4. The number of nitrogens with one attached hydrogen (secondary N) is 1. The second-order valence-electron chi connectivity index (χ2n) is 6.11. The Morgan fingerprint density at radius 2 is 2.00 bits per heavy atom. The SMILES string of the molecule is Cc1ccc(OCCCC(=O)NCC(c2ccsc2)N(C)C)cc1. The molecule has 0 saturated carbocycles. The monoisotopic (exact) mass is 346 g/mol. The summed E-state index contributed by atoms with van der Waals surface area (Å²) in [7, 11) is 4.06. The van der Waals surface area contributed by atoms with E-state index in [9.17, 15) is 4.79 Å². The summed E-state index contributed by atoms with van der Waals surface area (Å²) in [6.07, 6.45) is 1.19. The van der Waals surface area contributed by atoms with Gasteiger partial charge in [-0.05, 0) is 62.0 Å². The van der Waals surface area contributed by atoms with Crippen LogP contribution < -0.4 is 10.1 Å². The van der Waals surface area contributed by atoms with Crippen molar-refractivity contribution in [3.05, 3.63) is 52.2 Å². The minimum Gasteiger partial charge on any atom is -0.494 e. The molecule has 1 aromatic heterocycles. The molecule has 0 aliphatic heterocycles. The van der Waals surface area contributed by atoms with Crippen LogP contribution in [0.1, 0.15) is 30.0 Å². The normalized spacial score (nSPS) is 12.2. The maximum absolute atomic E-state index is 12.0. The predicted molar refractivity (Wildman–Crippen MR) is 99.7 cm³/mol. The first-order valence-corrected chi connectivity index (χ1v) is 9.15. The van der Waals surface area contributed by atoms with Crippen molar-refractivity contribution >= 4 is 17.2 Å². The smallest absolute Gasteiger partial charge is 0.220 e. The van der Waals surface area contributed by atoms with Gasteiger partial charge in [-0.15, -0.1) is 0 Å². The fourth-order valence-corrected chi connectivity index (χ4v) is 3.13. The van der Waals surface area contributed by atoms with Crippen LogP contribution in [0.2, 0.25) is 0 Å². The molecule has 0 radical (unpaired) electrons. The Kier molecular flexibility index (Phi) is 7.28. The molecule has 1 heterocycles. The van der Waals surface area contributed by atoms with Gasteiger partial charge < -0.3 is 15.0 Å². The lowest BCUT2D eigenvalue weighted by molar-refractivity contribution is -0.121. The number of hydrogen-bond acceptors (Lipinski definition) is 4. The maximum atomic E-state index is 12.0. The third-order valence-electron chi connectivity index (χ3n) is 3.88. The molecule has 0 aliphatic rings. The lowest BCUT2D eigenvalue weighted by atomic mass is 10.1. The zero-order valence-electron chi connectivity index (χ0n) is 14.6. The maximum Gasteiger partial charge on any atom is 0.220 e. The average Bonchev–Trinajstić information content (AvgIpc) is 3.07. The minimum atomic E-state index is 0.0737. The van der Waals surface area contributed by atoms with Crippen LogP contribution in [0.3, 0.4) is 0 Å². The molecule has 130 valence electrons. The zero-order chi connectivity index (χ0) is 17.4. The predicted octanol–water partition coefficient (Wildman–Crippen LogP) is 3.63. The molecular formula is C19H26N2O2S. The van der Waals surface area contributed by atoms with Crippen molar-refractivity contribution in [1.29, 1.82) is 0 Å². The van der Waals surface area contributed by atoms with Crippen LogP contribution in [-0.4, -0.2) is 38.1 Å². The van der Waals surface area contributed by atoms with Crippen LogP contribution in [-0.2, 0) is 4.79 Å². The van der Waals surface area contributed by atoms with E-state index in [0.29, 0.717) is 26.0 Å². The summed E-state index contributed by atoms with van der Waals surface area (Å²) in [5, 5.41) is 7.22. The summed E-state index contributed by atoms with van der Waals surface area (Å²) >= 11 is 1.68. The standard InChI is InChI=1S/C19H26N2O2S/c1-15-6-8-17(9-7-15)23-11-4-5-19(22)20-13-18(21(2)3)16-10-12-24-14-16/h6-10,12,14,18H,4-5,11,13H2,1-3H3,(H,20,22). The highest BCUT2D eigenvalue weighted by atomic mass is 32.1. The van der Waals surface area contributed by atoms with Crippen LogP contribution in [0.25, 0.3) is 0 Å². The van der Waals surface area contributed by atoms with Crippen molar-refractivity contribution in [3.63, 3.8) is 0 Å².